The van der Waals surface area contributed by atoms with Gasteiger partial charge in [0.15, 0.2) is 5.78 Å². The van der Waals surface area contributed by atoms with Gasteiger partial charge in [-0.2, -0.15) is 0 Å². The van der Waals surface area contributed by atoms with Crippen LogP contribution in [0, 0.1) is 5.92 Å². The number of aromatic nitrogens is 1. The van der Waals surface area contributed by atoms with Crippen LogP contribution in [0.5, 0.6) is 0 Å². The zero-order valence-electron chi connectivity index (χ0n) is 17.1. The number of rotatable bonds is 4. The van der Waals surface area contributed by atoms with Gasteiger partial charge in [-0.3, -0.25) is 14.7 Å². The van der Waals surface area contributed by atoms with E-state index < -0.39 is 0 Å². The highest BCUT2D eigenvalue weighted by molar-refractivity contribution is 9.10. The van der Waals surface area contributed by atoms with Gasteiger partial charge < -0.3 is 9.80 Å². The lowest BCUT2D eigenvalue weighted by Crippen LogP contribution is -2.52. The number of nitrogens with zero attached hydrogens (tertiary/aromatic N) is 4. The molecular weight excluding hydrogens is 428 g/mol. The number of Topliss-reactive ketones (excluding diaryl/α,β-unsaturated/α-hetero) is 1. The van der Waals surface area contributed by atoms with Crippen molar-refractivity contribution in [1.29, 1.82) is 0 Å². The van der Waals surface area contributed by atoms with Crippen LogP contribution < -0.4 is 4.90 Å². The third-order valence-corrected chi connectivity index (χ3v) is 7.34. The van der Waals surface area contributed by atoms with Gasteiger partial charge in [-0.1, -0.05) is 15.9 Å². The summed E-state index contributed by atoms with van der Waals surface area (Å²) in [6, 6.07) is 6.88. The molecule has 5 rings (SSSR count). The molecule has 0 bridgehead atoms. The van der Waals surface area contributed by atoms with E-state index in [2.05, 4.69) is 48.7 Å². The summed E-state index contributed by atoms with van der Waals surface area (Å²) in [7, 11) is 2.21. The van der Waals surface area contributed by atoms with Gasteiger partial charge in [-0.25, -0.2) is 0 Å². The molecule has 2 saturated heterocycles. The number of ketones is 1. The van der Waals surface area contributed by atoms with Crippen molar-refractivity contribution < 1.29 is 4.79 Å². The monoisotopic (exact) mass is 456 g/mol. The summed E-state index contributed by atoms with van der Waals surface area (Å²) in [5.41, 5.74) is 2.91. The summed E-state index contributed by atoms with van der Waals surface area (Å²) in [4.78, 5) is 25.2. The standard InChI is InChI=1S/C23H29BrN4O/c1-26-10-12-27(13-11-26)18-6-8-28(9-7-18)22-19-14-17(24)4-5-21(19)25-15-20(22)23(29)16-2-3-16/h4-5,14-16,18H,2-3,6-13H2,1H3. The highest BCUT2D eigenvalue weighted by Gasteiger charge is 2.35. The van der Waals surface area contributed by atoms with E-state index in [1.54, 1.807) is 0 Å². The lowest BCUT2D eigenvalue weighted by Gasteiger charge is -2.43. The van der Waals surface area contributed by atoms with Gasteiger partial charge >= 0.3 is 0 Å². The number of benzene rings is 1. The Balaban J connectivity index is 1.42. The van der Waals surface area contributed by atoms with Gasteiger partial charge in [-0.15, -0.1) is 0 Å². The van der Waals surface area contributed by atoms with Crippen molar-refractivity contribution in [3.8, 4) is 0 Å². The second-order valence-corrected chi connectivity index (χ2v) is 9.79. The predicted octanol–water partition coefficient (Wildman–Crippen LogP) is 3.81. The minimum absolute atomic E-state index is 0.211. The molecule has 5 nitrogen and oxygen atoms in total. The zero-order chi connectivity index (χ0) is 20.0. The average molecular weight is 457 g/mol. The molecule has 3 fully saturated rings. The van der Waals surface area contributed by atoms with E-state index in [9.17, 15) is 4.79 Å². The van der Waals surface area contributed by atoms with Crippen LogP contribution in [0.3, 0.4) is 0 Å². The Morgan fingerprint density at radius 1 is 1.03 bits per heavy atom. The van der Waals surface area contributed by atoms with E-state index in [-0.39, 0.29) is 11.7 Å². The second-order valence-electron chi connectivity index (χ2n) is 8.88. The van der Waals surface area contributed by atoms with E-state index in [1.807, 2.05) is 18.3 Å². The van der Waals surface area contributed by atoms with Crippen LogP contribution >= 0.6 is 15.9 Å². The number of hydrogen-bond donors (Lipinski definition) is 0. The first-order chi connectivity index (χ1) is 14.1. The number of hydrogen-bond acceptors (Lipinski definition) is 5. The van der Waals surface area contributed by atoms with Crippen LogP contribution in [-0.4, -0.2) is 72.9 Å². The molecule has 1 aromatic heterocycles. The molecule has 1 aliphatic carbocycles. The molecule has 3 heterocycles. The second kappa shape index (κ2) is 7.97. The molecule has 6 heteroatoms. The Morgan fingerprint density at radius 2 is 1.76 bits per heavy atom. The first-order valence-electron chi connectivity index (χ1n) is 10.9. The van der Waals surface area contributed by atoms with Crippen LogP contribution in [0.15, 0.2) is 28.9 Å². The van der Waals surface area contributed by atoms with Gasteiger partial charge in [0.05, 0.1) is 16.8 Å². The summed E-state index contributed by atoms with van der Waals surface area (Å²) in [6.45, 7) is 6.71. The van der Waals surface area contributed by atoms with Gasteiger partial charge in [-0.05, 0) is 50.9 Å². The number of piperazine rings is 1. The minimum Gasteiger partial charge on any atom is -0.370 e. The quantitative estimate of drug-likeness (QED) is 0.654. The third-order valence-electron chi connectivity index (χ3n) is 6.85. The van der Waals surface area contributed by atoms with Crippen LogP contribution in [0.2, 0.25) is 0 Å². The van der Waals surface area contributed by atoms with Crippen LogP contribution in [0.1, 0.15) is 36.0 Å². The minimum atomic E-state index is 0.211. The first-order valence-corrected chi connectivity index (χ1v) is 11.7. The van der Waals surface area contributed by atoms with Crippen molar-refractivity contribution >= 4 is 38.3 Å². The number of carbonyl (C=O) groups is 1. The van der Waals surface area contributed by atoms with Crippen molar-refractivity contribution in [3.63, 3.8) is 0 Å². The Bertz CT molecular complexity index is 912. The predicted molar refractivity (Wildman–Crippen MR) is 121 cm³/mol. The number of carbonyl (C=O) groups excluding carboxylic acids is 1. The Kier molecular flexibility index (Phi) is 5.35. The van der Waals surface area contributed by atoms with E-state index in [0.29, 0.717) is 6.04 Å². The summed E-state index contributed by atoms with van der Waals surface area (Å²) in [5.74, 6) is 0.499. The molecule has 0 N–H and O–H groups in total. The number of likely N-dealkylation sites (N-methyl/N-ethyl adjacent to an activating group) is 1. The van der Waals surface area contributed by atoms with Gasteiger partial charge in [0.2, 0.25) is 0 Å². The number of anilines is 1. The molecule has 1 saturated carbocycles. The lowest BCUT2D eigenvalue weighted by molar-refractivity contribution is 0.0963. The molecule has 0 radical (unpaired) electrons. The normalized spacial score (nSPS) is 22.3. The molecular formula is C23H29BrN4O. The summed E-state index contributed by atoms with van der Waals surface area (Å²) in [6.07, 6.45) is 6.22. The van der Waals surface area contributed by atoms with E-state index in [4.69, 9.17) is 0 Å². The highest BCUT2D eigenvalue weighted by atomic mass is 79.9. The molecule has 0 spiro atoms. The molecule has 2 aliphatic heterocycles. The van der Waals surface area contributed by atoms with Crippen molar-refractivity contribution in [2.45, 2.75) is 31.7 Å². The maximum absolute atomic E-state index is 13.1. The van der Waals surface area contributed by atoms with Crippen molar-refractivity contribution in [2.24, 2.45) is 5.92 Å². The average Bonchev–Trinajstić information content (AvgIpc) is 3.58. The Hall–Kier alpha value is -1.50. The fourth-order valence-corrected chi connectivity index (χ4v) is 5.24. The van der Waals surface area contributed by atoms with Crippen molar-refractivity contribution in [2.75, 3.05) is 51.2 Å². The first kappa shape index (κ1) is 19.5. The summed E-state index contributed by atoms with van der Waals surface area (Å²) in [5, 5.41) is 1.10. The maximum atomic E-state index is 13.1. The number of halogens is 1. The number of pyridine rings is 1. The third kappa shape index (κ3) is 3.94. The Labute approximate surface area is 181 Å². The smallest absolute Gasteiger partial charge is 0.169 e. The van der Waals surface area contributed by atoms with E-state index in [0.717, 1.165) is 52.6 Å². The molecule has 0 amide bonds. The van der Waals surface area contributed by atoms with Crippen molar-refractivity contribution in [1.82, 2.24) is 14.8 Å². The molecule has 0 atom stereocenters. The van der Waals surface area contributed by atoms with Crippen LogP contribution in [-0.2, 0) is 0 Å². The molecule has 0 unspecified atom stereocenters. The van der Waals surface area contributed by atoms with Gasteiger partial charge in [0.25, 0.3) is 0 Å². The summed E-state index contributed by atoms with van der Waals surface area (Å²) < 4.78 is 1.04. The zero-order valence-corrected chi connectivity index (χ0v) is 18.7. The number of fused-ring (bicyclic) bond motifs is 1. The molecule has 3 aliphatic rings. The molecule has 154 valence electrons. The molecule has 1 aromatic carbocycles. The van der Waals surface area contributed by atoms with Gasteiger partial charge in [0.1, 0.15) is 0 Å². The topological polar surface area (TPSA) is 39.7 Å². The lowest BCUT2D eigenvalue weighted by atomic mass is 9.97. The highest BCUT2D eigenvalue weighted by Crippen LogP contribution is 2.39. The van der Waals surface area contributed by atoms with Crippen LogP contribution in [0.4, 0.5) is 5.69 Å². The summed E-state index contributed by atoms with van der Waals surface area (Å²) >= 11 is 3.62. The molecule has 29 heavy (non-hydrogen) atoms. The van der Waals surface area contributed by atoms with Crippen LogP contribution in [0.25, 0.3) is 10.9 Å². The molecule has 2 aromatic rings. The van der Waals surface area contributed by atoms with E-state index in [1.165, 1.54) is 39.0 Å². The fourth-order valence-electron chi connectivity index (χ4n) is 4.88. The van der Waals surface area contributed by atoms with Gasteiger partial charge in [0, 0.05) is 67.3 Å². The fraction of sp³-hybridized carbons (Fsp3) is 0.565. The van der Waals surface area contributed by atoms with E-state index >= 15 is 0 Å². The SMILES string of the molecule is CN1CCN(C2CCN(c3c(C(=O)C4CC4)cnc4ccc(Br)cc34)CC2)CC1. The Morgan fingerprint density at radius 3 is 2.45 bits per heavy atom. The van der Waals surface area contributed by atoms with Crippen molar-refractivity contribution in [3.05, 3.63) is 34.4 Å². The number of piperidine rings is 1. The largest absolute Gasteiger partial charge is 0.370 e. The maximum Gasteiger partial charge on any atom is 0.169 e.